The molecule has 0 spiro atoms. The Morgan fingerprint density at radius 1 is 1.00 bits per heavy atom. The number of piperidine rings is 1. The number of benzene rings is 2. The van der Waals surface area contributed by atoms with Gasteiger partial charge in [0.15, 0.2) is 5.13 Å². The summed E-state index contributed by atoms with van der Waals surface area (Å²) in [5, 5.41) is 5.18. The summed E-state index contributed by atoms with van der Waals surface area (Å²) < 4.78 is 28.1. The Balaban J connectivity index is 1.45. The third kappa shape index (κ3) is 4.74. The first-order valence-electron chi connectivity index (χ1n) is 9.56. The fraction of sp³-hybridized carbons (Fsp3) is 0.238. The Kier molecular flexibility index (Phi) is 6.51. The van der Waals surface area contributed by atoms with Gasteiger partial charge < -0.3 is 0 Å². The van der Waals surface area contributed by atoms with Crippen molar-refractivity contribution >= 4 is 55.0 Å². The molecule has 1 aliphatic rings. The van der Waals surface area contributed by atoms with Crippen molar-refractivity contribution in [2.24, 2.45) is 0 Å². The van der Waals surface area contributed by atoms with Gasteiger partial charge in [-0.15, -0.1) is 11.3 Å². The van der Waals surface area contributed by atoms with Crippen molar-refractivity contribution in [1.29, 1.82) is 0 Å². The summed E-state index contributed by atoms with van der Waals surface area (Å²) in [6.45, 7) is 1.11. The van der Waals surface area contributed by atoms with Gasteiger partial charge in [0.05, 0.1) is 10.6 Å². The van der Waals surface area contributed by atoms with E-state index in [1.165, 1.54) is 27.8 Å². The Labute approximate surface area is 193 Å². The zero-order chi connectivity index (χ0) is 21.1. The highest BCUT2D eigenvalue weighted by atomic mass is 127. The highest BCUT2D eigenvalue weighted by molar-refractivity contribution is 14.1. The topological polar surface area (TPSA) is 79.4 Å². The van der Waals surface area contributed by atoms with E-state index in [0.29, 0.717) is 23.8 Å². The minimum Gasteiger partial charge on any atom is -0.298 e. The minimum absolute atomic E-state index is 0.219. The van der Waals surface area contributed by atoms with E-state index >= 15 is 0 Å². The zero-order valence-electron chi connectivity index (χ0n) is 16.0. The monoisotopic (exact) mass is 553 g/mol. The number of halogens is 1. The lowest BCUT2D eigenvalue weighted by atomic mass is 10.2. The molecule has 1 aromatic heterocycles. The predicted molar refractivity (Wildman–Crippen MR) is 127 cm³/mol. The van der Waals surface area contributed by atoms with Crippen LogP contribution in [0.2, 0.25) is 0 Å². The van der Waals surface area contributed by atoms with Gasteiger partial charge in [0.1, 0.15) is 0 Å². The number of hydrogen-bond donors (Lipinski definition) is 1. The fourth-order valence-electron chi connectivity index (χ4n) is 3.29. The lowest BCUT2D eigenvalue weighted by molar-refractivity contribution is 0.102. The van der Waals surface area contributed by atoms with E-state index in [1.54, 1.807) is 12.1 Å². The van der Waals surface area contributed by atoms with E-state index < -0.39 is 10.0 Å². The average Bonchev–Trinajstić information content (AvgIpc) is 3.23. The SMILES string of the molecule is O=C(Nc1nc(-c2ccc(I)cc2)cs1)c1ccc(S(=O)(=O)N2CCCCC2)cc1. The van der Waals surface area contributed by atoms with E-state index in [-0.39, 0.29) is 10.8 Å². The zero-order valence-corrected chi connectivity index (χ0v) is 19.8. The largest absolute Gasteiger partial charge is 0.298 e. The van der Waals surface area contributed by atoms with E-state index in [9.17, 15) is 13.2 Å². The molecule has 2 aromatic carbocycles. The minimum atomic E-state index is -3.50. The van der Waals surface area contributed by atoms with Gasteiger partial charge in [-0.25, -0.2) is 13.4 Å². The van der Waals surface area contributed by atoms with Gasteiger partial charge in [0.2, 0.25) is 10.0 Å². The maximum Gasteiger partial charge on any atom is 0.257 e. The number of anilines is 1. The molecule has 9 heteroatoms. The summed E-state index contributed by atoms with van der Waals surface area (Å²) in [4.78, 5) is 17.3. The normalized spacial score (nSPS) is 15.1. The molecule has 1 saturated heterocycles. The molecule has 2 heterocycles. The standard InChI is InChI=1S/C21H20IN3O3S2/c22-17-8-4-15(5-9-17)19-14-29-21(23-19)24-20(26)16-6-10-18(11-7-16)30(27,28)25-12-2-1-3-13-25/h4-11,14H,1-3,12-13H2,(H,23,24,26). The number of carbonyl (C=O) groups is 1. The molecule has 1 fully saturated rings. The van der Waals surface area contributed by atoms with Crippen LogP contribution in [0.1, 0.15) is 29.6 Å². The lowest BCUT2D eigenvalue weighted by Crippen LogP contribution is -2.35. The van der Waals surface area contributed by atoms with Crippen molar-refractivity contribution in [2.45, 2.75) is 24.2 Å². The molecule has 6 nitrogen and oxygen atoms in total. The quantitative estimate of drug-likeness (QED) is 0.459. The second kappa shape index (κ2) is 9.13. The van der Waals surface area contributed by atoms with Crippen LogP contribution in [0.5, 0.6) is 0 Å². The maximum absolute atomic E-state index is 12.7. The third-order valence-corrected chi connectivity index (χ3v) is 8.32. The van der Waals surface area contributed by atoms with Gasteiger partial charge in [-0.1, -0.05) is 18.6 Å². The number of rotatable bonds is 5. The number of aromatic nitrogens is 1. The van der Waals surface area contributed by atoms with Crippen LogP contribution in [0.15, 0.2) is 58.8 Å². The van der Waals surface area contributed by atoms with Crippen LogP contribution in [0.4, 0.5) is 5.13 Å². The van der Waals surface area contributed by atoms with Crippen LogP contribution in [0.25, 0.3) is 11.3 Å². The average molecular weight is 553 g/mol. The Morgan fingerprint density at radius 3 is 2.33 bits per heavy atom. The van der Waals surface area contributed by atoms with Crippen molar-refractivity contribution in [3.8, 4) is 11.3 Å². The Morgan fingerprint density at radius 2 is 1.67 bits per heavy atom. The summed E-state index contributed by atoms with van der Waals surface area (Å²) in [7, 11) is -3.50. The number of amides is 1. The second-order valence-corrected chi connectivity index (χ2v) is 11.0. The molecule has 0 radical (unpaired) electrons. The smallest absolute Gasteiger partial charge is 0.257 e. The summed E-state index contributed by atoms with van der Waals surface area (Å²) in [6.07, 6.45) is 2.84. The summed E-state index contributed by atoms with van der Waals surface area (Å²) in [5.74, 6) is -0.319. The number of thiazole rings is 1. The van der Waals surface area contributed by atoms with Crippen LogP contribution in [0, 0.1) is 3.57 Å². The number of carbonyl (C=O) groups excluding carboxylic acids is 1. The van der Waals surface area contributed by atoms with Crippen molar-refractivity contribution in [1.82, 2.24) is 9.29 Å². The number of nitrogens with one attached hydrogen (secondary N) is 1. The first kappa shape index (κ1) is 21.4. The molecule has 3 aromatic rings. The van der Waals surface area contributed by atoms with Gasteiger partial charge in [0, 0.05) is 33.2 Å². The molecule has 0 unspecified atom stereocenters. The summed E-state index contributed by atoms with van der Waals surface area (Å²) in [5.41, 5.74) is 2.17. The van der Waals surface area contributed by atoms with Crippen LogP contribution < -0.4 is 5.32 Å². The van der Waals surface area contributed by atoms with Gasteiger partial charge in [-0.3, -0.25) is 10.1 Å². The number of nitrogens with zero attached hydrogens (tertiary/aromatic N) is 2. The van der Waals surface area contributed by atoms with Crippen molar-refractivity contribution in [2.75, 3.05) is 18.4 Å². The fourth-order valence-corrected chi connectivity index (χ4v) is 5.88. The molecule has 0 aliphatic carbocycles. The molecule has 4 rings (SSSR count). The van der Waals surface area contributed by atoms with Gasteiger partial charge in [-0.2, -0.15) is 4.31 Å². The molecule has 1 N–H and O–H groups in total. The molecule has 30 heavy (non-hydrogen) atoms. The van der Waals surface area contributed by atoms with Crippen LogP contribution in [-0.4, -0.2) is 36.7 Å². The highest BCUT2D eigenvalue weighted by Gasteiger charge is 2.26. The molecular weight excluding hydrogens is 533 g/mol. The molecule has 1 aliphatic heterocycles. The molecular formula is C21H20IN3O3S2. The third-order valence-electron chi connectivity index (χ3n) is 4.93. The van der Waals surface area contributed by atoms with E-state index in [0.717, 1.165) is 34.1 Å². The molecule has 1 amide bonds. The predicted octanol–water partition coefficient (Wildman–Crippen LogP) is 4.84. The van der Waals surface area contributed by atoms with E-state index in [1.807, 2.05) is 29.6 Å². The van der Waals surface area contributed by atoms with E-state index in [4.69, 9.17) is 0 Å². The highest BCUT2D eigenvalue weighted by Crippen LogP contribution is 2.26. The lowest BCUT2D eigenvalue weighted by Gasteiger charge is -2.25. The second-order valence-electron chi connectivity index (χ2n) is 6.99. The summed E-state index contributed by atoms with van der Waals surface area (Å²) in [6, 6.07) is 14.1. The van der Waals surface area contributed by atoms with Gasteiger partial charge in [-0.05, 0) is 71.8 Å². The molecule has 0 bridgehead atoms. The van der Waals surface area contributed by atoms with Gasteiger partial charge >= 0.3 is 0 Å². The first-order valence-corrected chi connectivity index (χ1v) is 13.0. The van der Waals surface area contributed by atoms with E-state index in [2.05, 4.69) is 32.9 Å². The molecule has 0 saturated carbocycles. The maximum atomic E-state index is 12.7. The van der Waals surface area contributed by atoms with Crippen LogP contribution in [-0.2, 0) is 10.0 Å². The molecule has 156 valence electrons. The Bertz CT molecular complexity index is 1140. The van der Waals surface area contributed by atoms with Crippen LogP contribution in [0.3, 0.4) is 0 Å². The van der Waals surface area contributed by atoms with Crippen molar-refractivity contribution in [3.05, 3.63) is 63.0 Å². The summed E-state index contributed by atoms with van der Waals surface area (Å²) >= 11 is 3.60. The number of hydrogen-bond acceptors (Lipinski definition) is 5. The Hall–Kier alpha value is -1.82. The van der Waals surface area contributed by atoms with Crippen LogP contribution >= 0.6 is 33.9 Å². The van der Waals surface area contributed by atoms with Crippen molar-refractivity contribution < 1.29 is 13.2 Å². The van der Waals surface area contributed by atoms with Crippen molar-refractivity contribution in [3.63, 3.8) is 0 Å². The van der Waals surface area contributed by atoms with Gasteiger partial charge in [0.25, 0.3) is 5.91 Å². The molecule has 0 atom stereocenters. The first-order chi connectivity index (χ1) is 14.4. The number of sulfonamides is 1.